The number of alkyl halides is 2. The molecule has 2 saturated carbocycles. The van der Waals surface area contributed by atoms with Crippen LogP contribution >= 0.6 is 0 Å². The second kappa shape index (κ2) is 9.75. The molecule has 0 saturated heterocycles. The molecule has 3 aromatic rings. The number of hydrogen-bond donors (Lipinski definition) is 3. The molecule has 2 aliphatic carbocycles. The summed E-state index contributed by atoms with van der Waals surface area (Å²) >= 11 is 0. The number of benzene rings is 1. The van der Waals surface area contributed by atoms with E-state index in [1.165, 1.54) is 6.20 Å². The van der Waals surface area contributed by atoms with E-state index in [1.54, 1.807) is 4.57 Å². The summed E-state index contributed by atoms with van der Waals surface area (Å²) in [5, 5.41) is 5.75. The maximum Gasteiger partial charge on any atom is 0.248 e. The van der Waals surface area contributed by atoms with Crippen LogP contribution in [0.5, 0.6) is 0 Å². The summed E-state index contributed by atoms with van der Waals surface area (Å²) < 4.78 is 71.1. The lowest BCUT2D eigenvalue weighted by Gasteiger charge is -2.29. The zero-order valence-electron chi connectivity index (χ0n) is 19.8. The third kappa shape index (κ3) is 5.30. The predicted octanol–water partition coefficient (Wildman–Crippen LogP) is 5.19. The second-order valence-electron chi connectivity index (χ2n) is 9.76. The highest BCUT2D eigenvalue weighted by Gasteiger charge is 2.35. The summed E-state index contributed by atoms with van der Waals surface area (Å²) in [5.41, 5.74) is 5.60. The number of carbonyl (C=O) groups excluding carboxylic acids is 1. The third-order valence-corrected chi connectivity index (χ3v) is 7.19. The van der Waals surface area contributed by atoms with Crippen LogP contribution in [-0.4, -0.2) is 37.4 Å². The first-order valence-corrected chi connectivity index (χ1v) is 12.2. The lowest BCUT2D eigenvalue weighted by molar-refractivity contribution is -0.122. The summed E-state index contributed by atoms with van der Waals surface area (Å²) in [6, 6.07) is 0.670. The summed E-state index contributed by atoms with van der Waals surface area (Å²) in [4.78, 5) is 24.9. The van der Waals surface area contributed by atoms with Crippen molar-refractivity contribution in [2.45, 2.75) is 69.4 Å². The van der Waals surface area contributed by atoms with Crippen molar-refractivity contribution in [2.75, 3.05) is 10.6 Å². The van der Waals surface area contributed by atoms with Gasteiger partial charge >= 0.3 is 0 Å². The minimum absolute atomic E-state index is 0.0747. The topological polar surface area (TPSA) is 111 Å². The summed E-state index contributed by atoms with van der Waals surface area (Å²) in [6.45, 7) is 0. The normalized spacial score (nSPS) is 22.2. The van der Waals surface area contributed by atoms with E-state index < -0.39 is 29.1 Å². The van der Waals surface area contributed by atoms with Crippen LogP contribution in [-0.2, 0) is 4.79 Å². The fraction of sp³-hybridized carbons (Fsp3) is 0.500. The summed E-state index contributed by atoms with van der Waals surface area (Å²) in [5.74, 6) is -6.34. The van der Waals surface area contributed by atoms with E-state index in [2.05, 4.69) is 25.6 Å². The number of nitrogens with zero attached hydrogens (tertiary/aromatic N) is 4. The van der Waals surface area contributed by atoms with Gasteiger partial charge in [0.05, 0.1) is 6.20 Å². The molecule has 4 N–H and O–H groups in total. The smallest absolute Gasteiger partial charge is 0.248 e. The van der Waals surface area contributed by atoms with Crippen LogP contribution < -0.4 is 16.4 Å². The lowest BCUT2D eigenvalue weighted by atomic mass is 9.85. The number of aromatic nitrogens is 4. The van der Waals surface area contributed by atoms with Gasteiger partial charge in [0.1, 0.15) is 17.0 Å². The first-order valence-electron chi connectivity index (χ1n) is 12.2. The molecule has 2 aliphatic rings. The van der Waals surface area contributed by atoms with Crippen LogP contribution in [0, 0.1) is 23.4 Å². The van der Waals surface area contributed by atoms with Crippen LogP contribution in [0.3, 0.4) is 0 Å². The molecule has 0 bridgehead atoms. The number of amides is 1. The van der Waals surface area contributed by atoms with Crippen LogP contribution in [0.2, 0.25) is 0 Å². The highest BCUT2D eigenvalue weighted by molar-refractivity contribution is 5.78. The highest BCUT2D eigenvalue weighted by atomic mass is 19.3. The molecule has 2 fully saturated rings. The van der Waals surface area contributed by atoms with E-state index in [1.807, 2.05) is 0 Å². The summed E-state index contributed by atoms with van der Waals surface area (Å²) in [6.07, 6.45) is 3.63. The maximum absolute atomic E-state index is 14.4. The van der Waals surface area contributed by atoms with Gasteiger partial charge in [-0.15, -0.1) is 0 Å². The van der Waals surface area contributed by atoms with Gasteiger partial charge in [-0.1, -0.05) is 0 Å². The molecule has 0 atom stereocenters. The molecule has 0 aliphatic heterocycles. The first-order chi connectivity index (χ1) is 17.6. The minimum Gasteiger partial charge on any atom is -0.369 e. The van der Waals surface area contributed by atoms with E-state index in [9.17, 15) is 26.7 Å². The van der Waals surface area contributed by atoms with E-state index in [-0.39, 0.29) is 61.5 Å². The molecule has 198 valence electrons. The van der Waals surface area contributed by atoms with Crippen molar-refractivity contribution < 1.29 is 26.7 Å². The van der Waals surface area contributed by atoms with Gasteiger partial charge in [0.25, 0.3) is 0 Å². The zero-order valence-corrected chi connectivity index (χ0v) is 19.8. The second-order valence-corrected chi connectivity index (χ2v) is 9.76. The SMILES string of the molecule is NC(=O)C1CCC(n2c(Nc3c(F)cc(F)cc3F)nc3cnc(NC4CCC(F)(F)CC4)nc32)CC1. The van der Waals surface area contributed by atoms with E-state index >= 15 is 0 Å². The van der Waals surface area contributed by atoms with Crippen molar-refractivity contribution in [1.82, 2.24) is 19.5 Å². The molecule has 1 aromatic carbocycles. The van der Waals surface area contributed by atoms with Crippen molar-refractivity contribution in [2.24, 2.45) is 11.7 Å². The van der Waals surface area contributed by atoms with Crippen molar-refractivity contribution in [3.63, 3.8) is 0 Å². The van der Waals surface area contributed by atoms with Crippen molar-refractivity contribution >= 4 is 34.7 Å². The van der Waals surface area contributed by atoms with Crippen molar-refractivity contribution in [1.29, 1.82) is 0 Å². The average Bonchev–Trinajstić information content (AvgIpc) is 3.20. The van der Waals surface area contributed by atoms with Crippen molar-refractivity contribution in [3.8, 4) is 0 Å². The Morgan fingerprint density at radius 1 is 1.00 bits per heavy atom. The summed E-state index contributed by atoms with van der Waals surface area (Å²) in [7, 11) is 0. The van der Waals surface area contributed by atoms with E-state index in [4.69, 9.17) is 5.73 Å². The van der Waals surface area contributed by atoms with Gasteiger partial charge in [0, 0.05) is 43.0 Å². The quantitative estimate of drug-likeness (QED) is 0.384. The van der Waals surface area contributed by atoms with Gasteiger partial charge in [-0.05, 0) is 38.5 Å². The number of anilines is 3. The van der Waals surface area contributed by atoms with Crippen LogP contribution in [0.1, 0.15) is 57.4 Å². The molecule has 37 heavy (non-hydrogen) atoms. The Hall–Kier alpha value is -3.51. The fourth-order valence-electron chi connectivity index (χ4n) is 5.15. The lowest BCUT2D eigenvalue weighted by Crippen LogP contribution is -2.32. The Labute approximate surface area is 208 Å². The average molecular weight is 524 g/mol. The molecule has 2 aromatic heterocycles. The molecule has 5 rings (SSSR count). The number of fused-ring (bicyclic) bond motifs is 1. The number of rotatable bonds is 6. The van der Waals surface area contributed by atoms with Gasteiger partial charge in [0.2, 0.25) is 23.7 Å². The molecular weight excluding hydrogens is 497 g/mol. The molecular formula is C24H26F5N7O. The predicted molar refractivity (Wildman–Crippen MR) is 126 cm³/mol. The van der Waals surface area contributed by atoms with Crippen LogP contribution in [0.4, 0.5) is 39.5 Å². The molecule has 8 nitrogen and oxygen atoms in total. The molecule has 2 heterocycles. The Balaban J connectivity index is 1.49. The van der Waals surface area contributed by atoms with Gasteiger partial charge < -0.3 is 16.4 Å². The number of nitrogens with one attached hydrogen (secondary N) is 2. The Morgan fingerprint density at radius 3 is 2.27 bits per heavy atom. The minimum atomic E-state index is -2.67. The van der Waals surface area contributed by atoms with E-state index in [0.717, 1.165) is 0 Å². The van der Waals surface area contributed by atoms with Gasteiger partial charge in [-0.2, -0.15) is 4.98 Å². The fourth-order valence-corrected chi connectivity index (χ4v) is 5.15. The van der Waals surface area contributed by atoms with Gasteiger partial charge in [0.15, 0.2) is 17.3 Å². The molecule has 0 unspecified atom stereocenters. The number of hydrogen-bond acceptors (Lipinski definition) is 6. The van der Waals surface area contributed by atoms with Crippen LogP contribution in [0.25, 0.3) is 11.2 Å². The van der Waals surface area contributed by atoms with Crippen LogP contribution in [0.15, 0.2) is 18.3 Å². The molecule has 1 amide bonds. The first kappa shape index (κ1) is 25.2. The molecule has 0 radical (unpaired) electrons. The number of primary amides is 1. The molecule has 0 spiro atoms. The monoisotopic (exact) mass is 523 g/mol. The molecule has 13 heteroatoms. The standard InChI is InChI=1S/C24H26F5N7O/c25-13-9-16(26)19(17(27)10-13)34-23-33-18-11-31-22(32-14-5-7-24(28,29)8-6-14)35-21(18)36(23)15-3-1-12(2-4-15)20(30)37/h9-12,14-15H,1-8H2,(H2,30,37)(H,33,34)(H,31,32,35). The highest BCUT2D eigenvalue weighted by Crippen LogP contribution is 2.38. The maximum atomic E-state index is 14.4. The third-order valence-electron chi connectivity index (χ3n) is 7.19. The zero-order chi connectivity index (χ0) is 26.3. The Bertz CT molecular complexity index is 1290. The van der Waals surface area contributed by atoms with Gasteiger partial charge in [-0.25, -0.2) is 31.9 Å². The van der Waals surface area contributed by atoms with E-state index in [0.29, 0.717) is 49.0 Å². The number of halogens is 5. The van der Waals surface area contributed by atoms with Gasteiger partial charge in [-0.3, -0.25) is 9.36 Å². The van der Waals surface area contributed by atoms with Crippen molar-refractivity contribution in [3.05, 3.63) is 35.8 Å². The Morgan fingerprint density at radius 2 is 1.65 bits per heavy atom. The number of carbonyl (C=O) groups is 1. The number of imidazole rings is 1. The largest absolute Gasteiger partial charge is 0.369 e. The Kier molecular flexibility index (Phi) is 6.63. The number of nitrogens with two attached hydrogens (primary N) is 1.